The quantitative estimate of drug-likeness (QED) is 0.691. The lowest BCUT2D eigenvalue weighted by molar-refractivity contribution is 0.0561. The molecule has 1 saturated heterocycles. The second-order valence-corrected chi connectivity index (χ2v) is 7.29. The third-order valence-corrected chi connectivity index (χ3v) is 5.31. The van der Waals surface area contributed by atoms with Crippen molar-refractivity contribution >= 4 is 5.91 Å². The summed E-state index contributed by atoms with van der Waals surface area (Å²) in [6.45, 7) is 4.38. The van der Waals surface area contributed by atoms with E-state index in [1.807, 2.05) is 13.0 Å². The van der Waals surface area contributed by atoms with E-state index in [0.717, 1.165) is 18.4 Å². The Morgan fingerprint density at radius 2 is 2.18 bits per heavy atom. The van der Waals surface area contributed by atoms with Crippen molar-refractivity contribution in [3.63, 3.8) is 0 Å². The van der Waals surface area contributed by atoms with E-state index in [0.29, 0.717) is 35.9 Å². The van der Waals surface area contributed by atoms with Crippen molar-refractivity contribution in [1.82, 2.24) is 19.9 Å². The van der Waals surface area contributed by atoms with Crippen LogP contribution in [-0.2, 0) is 12.0 Å². The summed E-state index contributed by atoms with van der Waals surface area (Å²) in [5, 5.41) is 0. The Hall–Kier alpha value is -3.09. The third-order valence-electron chi connectivity index (χ3n) is 5.31. The average molecular weight is 380 g/mol. The van der Waals surface area contributed by atoms with Crippen LogP contribution in [0.1, 0.15) is 53.0 Å². The molecule has 0 spiro atoms. The van der Waals surface area contributed by atoms with Crippen molar-refractivity contribution in [2.24, 2.45) is 0 Å². The molecule has 3 heterocycles. The predicted molar refractivity (Wildman–Crippen MR) is 100 cm³/mol. The highest BCUT2D eigenvalue weighted by molar-refractivity contribution is 5.95. The van der Waals surface area contributed by atoms with E-state index in [1.165, 1.54) is 18.5 Å². The fraction of sp³-hybridized carbons (Fsp3) is 0.333. The van der Waals surface area contributed by atoms with E-state index in [2.05, 4.69) is 15.0 Å². The molecule has 0 bridgehead atoms. The number of likely N-dealkylation sites (tertiary alicyclic amines) is 1. The van der Waals surface area contributed by atoms with E-state index in [4.69, 9.17) is 4.42 Å². The van der Waals surface area contributed by atoms with Gasteiger partial charge in [-0.05, 0) is 44.4 Å². The number of carbonyl (C=O) groups is 1. The van der Waals surface area contributed by atoms with Crippen molar-refractivity contribution in [2.75, 3.05) is 6.54 Å². The van der Waals surface area contributed by atoms with Crippen LogP contribution in [0.15, 0.2) is 47.4 Å². The molecule has 6 nitrogen and oxygen atoms in total. The van der Waals surface area contributed by atoms with E-state index in [1.54, 1.807) is 30.3 Å². The molecule has 1 aliphatic heterocycles. The molecule has 2 aromatic heterocycles. The van der Waals surface area contributed by atoms with Crippen molar-refractivity contribution in [2.45, 2.75) is 38.6 Å². The zero-order chi connectivity index (χ0) is 19.7. The monoisotopic (exact) mass is 380 g/mol. The summed E-state index contributed by atoms with van der Waals surface area (Å²) >= 11 is 0. The van der Waals surface area contributed by atoms with Gasteiger partial charge in [-0.15, -0.1) is 0 Å². The number of carbonyl (C=O) groups excluding carboxylic acids is 1. The first-order chi connectivity index (χ1) is 13.5. The van der Waals surface area contributed by atoms with Gasteiger partial charge in [0.25, 0.3) is 5.91 Å². The van der Waals surface area contributed by atoms with Crippen molar-refractivity contribution in [1.29, 1.82) is 0 Å². The average Bonchev–Trinajstić information content (AvgIpc) is 3.29. The topological polar surface area (TPSA) is 72.1 Å². The molecular formula is C21H21FN4O2. The molecule has 0 aliphatic carbocycles. The van der Waals surface area contributed by atoms with Crippen molar-refractivity contribution in [3.8, 4) is 0 Å². The van der Waals surface area contributed by atoms with Crippen molar-refractivity contribution < 1.29 is 13.6 Å². The smallest absolute Gasteiger partial charge is 0.258 e. The highest BCUT2D eigenvalue weighted by atomic mass is 19.1. The number of oxazole rings is 1. The Kier molecular flexibility index (Phi) is 4.66. The maximum atomic E-state index is 13.4. The molecule has 7 heteroatoms. The summed E-state index contributed by atoms with van der Waals surface area (Å²) in [5.74, 6) is 0.736. The first-order valence-corrected chi connectivity index (χ1v) is 9.25. The van der Waals surface area contributed by atoms with Crippen LogP contribution in [0.25, 0.3) is 0 Å². The van der Waals surface area contributed by atoms with Gasteiger partial charge in [-0.3, -0.25) is 4.79 Å². The normalized spacial score (nSPS) is 19.2. The lowest BCUT2D eigenvalue weighted by atomic mass is 9.98. The SMILES string of the molecule is Cc1ncncc1C(=O)N1CCCC1(C)c1ncc(Cc2cccc(F)c2)o1. The van der Waals surface area contributed by atoms with E-state index in [-0.39, 0.29) is 11.7 Å². The molecule has 1 atom stereocenters. The van der Waals surface area contributed by atoms with Gasteiger partial charge in [0.1, 0.15) is 23.4 Å². The summed E-state index contributed by atoms with van der Waals surface area (Å²) in [6.07, 6.45) is 6.70. The van der Waals surface area contributed by atoms with Gasteiger partial charge in [-0.2, -0.15) is 0 Å². The van der Waals surface area contributed by atoms with E-state index < -0.39 is 5.54 Å². The molecule has 4 rings (SSSR count). The van der Waals surface area contributed by atoms with Gasteiger partial charge in [0.15, 0.2) is 0 Å². The summed E-state index contributed by atoms with van der Waals surface area (Å²) in [6, 6.07) is 6.41. The van der Waals surface area contributed by atoms with E-state index in [9.17, 15) is 9.18 Å². The Balaban J connectivity index is 1.60. The van der Waals surface area contributed by atoms with Crippen LogP contribution >= 0.6 is 0 Å². The predicted octanol–water partition coefficient (Wildman–Crippen LogP) is 3.65. The molecule has 3 aromatic rings. The van der Waals surface area contributed by atoms with E-state index >= 15 is 0 Å². The minimum atomic E-state index is -0.639. The number of benzene rings is 1. The Morgan fingerprint density at radius 1 is 1.32 bits per heavy atom. The fourth-order valence-electron chi connectivity index (χ4n) is 3.74. The van der Waals surface area contributed by atoms with Crippen LogP contribution in [0.5, 0.6) is 0 Å². The van der Waals surface area contributed by atoms with Gasteiger partial charge in [-0.1, -0.05) is 12.1 Å². The van der Waals surface area contributed by atoms with Gasteiger partial charge >= 0.3 is 0 Å². The molecule has 144 valence electrons. The maximum absolute atomic E-state index is 13.4. The number of aryl methyl sites for hydroxylation is 1. The van der Waals surface area contributed by atoms with Crippen LogP contribution < -0.4 is 0 Å². The molecule has 1 amide bonds. The molecule has 1 fully saturated rings. The molecule has 0 saturated carbocycles. The molecule has 28 heavy (non-hydrogen) atoms. The van der Waals surface area contributed by atoms with Crippen molar-refractivity contribution in [3.05, 3.63) is 77.3 Å². The number of rotatable bonds is 4. The van der Waals surface area contributed by atoms with Crippen LogP contribution in [0.4, 0.5) is 4.39 Å². The summed E-state index contributed by atoms with van der Waals surface area (Å²) in [5.41, 5.74) is 1.30. The Morgan fingerprint density at radius 3 is 2.96 bits per heavy atom. The minimum absolute atomic E-state index is 0.122. The Bertz CT molecular complexity index is 1020. The zero-order valence-electron chi connectivity index (χ0n) is 15.9. The second-order valence-electron chi connectivity index (χ2n) is 7.29. The molecule has 1 unspecified atom stereocenters. The molecule has 0 N–H and O–H groups in total. The number of hydrogen-bond donors (Lipinski definition) is 0. The van der Waals surface area contributed by atoms with Crippen LogP contribution in [0.2, 0.25) is 0 Å². The summed E-state index contributed by atoms with van der Waals surface area (Å²) in [7, 11) is 0. The van der Waals surface area contributed by atoms with Gasteiger partial charge in [0, 0.05) is 19.2 Å². The summed E-state index contributed by atoms with van der Waals surface area (Å²) < 4.78 is 19.4. The fourth-order valence-corrected chi connectivity index (χ4v) is 3.74. The molecule has 1 aromatic carbocycles. The van der Waals surface area contributed by atoms with Gasteiger partial charge < -0.3 is 9.32 Å². The van der Waals surface area contributed by atoms with Gasteiger partial charge in [0.05, 0.1) is 17.5 Å². The number of amides is 1. The highest BCUT2D eigenvalue weighted by Gasteiger charge is 2.45. The number of halogens is 1. The largest absolute Gasteiger partial charge is 0.443 e. The Labute approximate surface area is 162 Å². The third kappa shape index (κ3) is 3.28. The summed E-state index contributed by atoms with van der Waals surface area (Å²) in [4.78, 5) is 27.5. The first kappa shape index (κ1) is 18.3. The number of nitrogens with zero attached hydrogens (tertiary/aromatic N) is 4. The number of aromatic nitrogens is 3. The lowest BCUT2D eigenvalue weighted by Crippen LogP contribution is -2.43. The lowest BCUT2D eigenvalue weighted by Gasteiger charge is -2.32. The van der Waals surface area contributed by atoms with Crippen LogP contribution in [0, 0.1) is 12.7 Å². The second kappa shape index (κ2) is 7.14. The standard InChI is InChI=1S/C21H21FN4O2/c1-14-18(12-23-13-25-14)19(27)26-8-4-7-21(26,2)20-24-11-17(28-20)10-15-5-3-6-16(22)9-15/h3,5-6,9,11-13H,4,7-8,10H2,1-2H3. The minimum Gasteiger partial charge on any atom is -0.443 e. The van der Waals surface area contributed by atoms with Crippen LogP contribution in [0.3, 0.4) is 0 Å². The van der Waals surface area contributed by atoms with Crippen LogP contribution in [-0.4, -0.2) is 32.3 Å². The maximum Gasteiger partial charge on any atom is 0.258 e. The number of hydrogen-bond acceptors (Lipinski definition) is 5. The zero-order valence-corrected chi connectivity index (χ0v) is 15.9. The first-order valence-electron chi connectivity index (χ1n) is 9.25. The molecule has 0 radical (unpaired) electrons. The van der Waals surface area contributed by atoms with Gasteiger partial charge in [-0.25, -0.2) is 19.3 Å². The highest BCUT2D eigenvalue weighted by Crippen LogP contribution is 2.39. The van der Waals surface area contributed by atoms with Gasteiger partial charge in [0.2, 0.25) is 5.89 Å². The molecule has 1 aliphatic rings. The molecular weight excluding hydrogens is 359 g/mol.